The SMILES string of the molecule is Cc1ccc2c(c1)nc1n2C[C@@](NC(=O)c2ccc(-n3cnc(C)n3)cc2Cl)(c2ccc3ccccc3c2)CC1. The molecule has 8 heteroatoms. The fraction of sp³-hybridized carbons (Fsp3) is 0.188. The zero-order valence-electron chi connectivity index (χ0n) is 22.2. The van der Waals surface area contributed by atoms with Gasteiger partial charge in [0.25, 0.3) is 5.91 Å². The molecule has 198 valence electrons. The Hall–Kier alpha value is -4.49. The highest BCUT2D eigenvalue weighted by molar-refractivity contribution is 6.34. The second-order valence-electron chi connectivity index (χ2n) is 10.6. The lowest BCUT2D eigenvalue weighted by Crippen LogP contribution is -2.51. The van der Waals surface area contributed by atoms with E-state index in [0.717, 1.165) is 45.3 Å². The Morgan fingerprint density at radius 1 is 0.975 bits per heavy atom. The molecule has 40 heavy (non-hydrogen) atoms. The summed E-state index contributed by atoms with van der Waals surface area (Å²) in [4.78, 5) is 23.0. The Labute approximate surface area is 236 Å². The van der Waals surface area contributed by atoms with Gasteiger partial charge in [-0.05, 0) is 78.6 Å². The third kappa shape index (κ3) is 4.14. The van der Waals surface area contributed by atoms with Crippen molar-refractivity contribution in [1.29, 1.82) is 0 Å². The quantitative estimate of drug-likeness (QED) is 0.281. The van der Waals surface area contributed by atoms with Gasteiger partial charge in [-0.1, -0.05) is 54.1 Å². The smallest absolute Gasteiger partial charge is 0.253 e. The molecule has 1 amide bonds. The number of aromatic nitrogens is 5. The maximum Gasteiger partial charge on any atom is 0.253 e. The molecular formula is C32H27ClN6O. The van der Waals surface area contributed by atoms with E-state index in [4.69, 9.17) is 16.6 Å². The zero-order valence-corrected chi connectivity index (χ0v) is 23.0. The van der Waals surface area contributed by atoms with Crippen LogP contribution in [0.4, 0.5) is 0 Å². The van der Waals surface area contributed by atoms with Gasteiger partial charge >= 0.3 is 0 Å². The molecule has 1 atom stereocenters. The maximum absolute atomic E-state index is 13.9. The minimum Gasteiger partial charge on any atom is -0.341 e. The van der Waals surface area contributed by atoms with E-state index >= 15 is 0 Å². The van der Waals surface area contributed by atoms with E-state index in [1.165, 1.54) is 5.56 Å². The zero-order chi connectivity index (χ0) is 27.4. The number of hydrogen-bond donors (Lipinski definition) is 1. The number of imidazole rings is 1. The Morgan fingerprint density at radius 3 is 2.62 bits per heavy atom. The Balaban J connectivity index is 1.30. The van der Waals surface area contributed by atoms with Gasteiger partial charge in [0.15, 0.2) is 0 Å². The summed E-state index contributed by atoms with van der Waals surface area (Å²) < 4.78 is 3.90. The topological polar surface area (TPSA) is 77.6 Å². The number of nitrogens with one attached hydrogen (secondary N) is 1. The van der Waals surface area contributed by atoms with Crippen molar-refractivity contribution in [2.75, 3.05) is 0 Å². The van der Waals surface area contributed by atoms with Crippen molar-refractivity contribution in [2.24, 2.45) is 0 Å². The second-order valence-corrected chi connectivity index (χ2v) is 11.0. The van der Waals surface area contributed by atoms with E-state index in [9.17, 15) is 4.79 Å². The number of carbonyl (C=O) groups excluding carboxylic acids is 1. The molecule has 0 unspecified atom stereocenters. The average molecular weight is 547 g/mol. The van der Waals surface area contributed by atoms with Crippen LogP contribution in [-0.2, 0) is 18.5 Å². The van der Waals surface area contributed by atoms with Gasteiger partial charge in [0.05, 0.1) is 39.4 Å². The molecular weight excluding hydrogens is 520 g/mol. The first-order chi connectivity index (χ1) is 19.4. The van der Waals surface area contributed by atoms with E-state index in [1.54, 1.807) is 23.1 Å². The van der Waals surface area contributed by atoms with Crippen LogP contribution in [0.5, 0.6) is 0 Å². The van der Waals surface area contributed by atoms with E-state index in [2.05, 4.69) is 75.4 Å². The highest BCUT2D eigenvalue weighted by atomic mass is 35.5. The fourth-order valence-electron chi connectivity index (χ4n) is 5.81. The van der Waals surface area contributed by atoms with Gasteiger partial charge in [0, 0.05) is 6.42 Å². The molecule has 1 aliphatic rings. The molecule has 7 rings (SSSR count). The molecule has 4 aromatic carbocycles. The largest absolute Gasteiger partial charge is 0.341 e. The molecule has 7 nitrogen and oxygen atoms in total. The summed E-state index contributed by atoms with van der Waals surface area (Å²) in [7, 11) is 0. The number of halogens is 1. The van der Waals surface area contributed by atoms with Gasteiger partial charge in [-0.3, -0.25) is 4.79 Å². The van der Waals surface area contributed by atoms with Crippen LogP contribution in [0.3, 0.4) is 0 Å². The summed E-state index contributed by atoms with van der Waals surface area (Å²) in [5, 5.41) is 10.4. The van der Waals surface area contributed by atoms with Crippen molar-refractivity contribution in [3.8, 4) is 5.69 Å². The molecule has 1 N–H and O–H groups in total. The summed E-state index contributed by atoms with van der Waals surface area (Å²) in [6.45, 7) is 4.47. The van der Waals surface area contributed by atoms with Crippen molar-refractivity contribution in [2.45, 2.75) is 38.8 Å². The van der Waals surface area contributed by atoms with Crippen molar-refractivity contribution >= 4 is 39.3 Å². The molecule has 0 spiro atoms. The van der Waals surface area contributed by atoms with Gasteiger partial charge in [-0.15, -0.1) is 0 Å². The minimum atomic E-state index is -0.655. The molecule has 0 radical (unpaired) electrons. The monoisotopic (exact) mass is 546 g/mol. The van der Waals surface area contributed by atoms with Crippen LogP contribution in [0, 0.1) is 13.8 Å². The van der Waals surface area contributed by atoms with Crippen LogP contribution in [0.2, 0.25) is 5.02 Å². The first-order valence-electron chi connectivity index (χ1n) is 13.3. The minimum absolute atomic E-state index is 0.219. The van der Waals surface area contributed by atoms with Gasteiger partial charge < -0.3 is 9.88 Å². The molecule has 0 saturated heterocycles. The summed E-state index contributed by atoms with van der Waals surface area (Å²) in [5.74, 6) is 1.48. The van der Waals surface area contributed by atoms with Crippen LogP contribution >= 0.6 is 11.6 Å². The van der Waals surface area contributed by atoms with Crippen molar-refractivity contribution < 1.29 is 4.79 Å². The van der Waals surface area contributed by atoms with Crippen LogP contribution in [0.1, 0.15) is 39.6 Å². The predicted molar refractivity (Wildman–Crippen MR) is 157 cm³/mol. The lowest BCUT2D eigenvalue weighted by Gasteiger charge is -2.39. The van der Waals surface area contributed by atoms with Gasteiger partial charge in [0.1, 0.15) is 18.0 Å². The molecule has 1 aliphatic heterocycles. The average Bonchev–Trinajstić information content (AvgIpc) is 3.55. The van der Waals surface area contributed by atoms with Crippen LogP contribution in [0.15, 0.2) is 85.2 Å². The number of rotatable bonds is 4. The maximum atomic E-state index is 13.9. The molecule has 0 saturated carbocycles. The number of nitrogens with zero attached hydrogens (tertiary/aromatic N) is 5. The summed E-state index contributed by atoms with van der Waals surface area (Å²) in [6.07, 6.45) is 3.08. The number of hydrogen-bond acceptors (Lipinski definition) is 4. The normalized spacial score (nSPS) is 16.8. The molecule has 2 aromatic heterocycles. The van der Waals surface area contributed by atoms with Gasteiger partial charge in [0.2, 0.25) is 0 Å². The Kier molecular flexibility index (Phi) is 5.71. The number of carbonyl (C=O) groups is 1. The third-order valence-corrected chi connectivity index (χ3v) is 8.22. The molecule has 0 fully saturated rings. The van der Waals surface area contributed by atoms with Crippen molar-refractivity contribution in [3.63, 3.8) is 0 Å². The predicted octanol–water partition coefficient (Wildman–Crippen LogP) is 6.31. The van der Waals surface area contributed by atoms with Gasteiger partial charge in [-0.2, -0.15) is 5.10 Å². The molecule has 0 aliphatic carbocycles. The van der Waals surface area contributed by atoms with Crippen molar-refractivity contribution in [3.05, 3.63) is 119 Å². The molecule has 3 heterocycles. The van der Waals surface area contributed by atoms with Crippen LogP contribution < -0.4 is 5.32 Å². The van der Waals surface area contributed by atoms with Crippen molar-refractivity contribution in [1.82, 2.24) is 29.6 Å². The summed E-state index contributed by atoms with van der Waals surface area (Å²) >= 11 is 6.69. The first kappa shape index (κ1) is 24.5. The lowest BCUT2D eigenvalue weighted by molar-refractivity contribution is 0.0867. The van der Waals surface area contributed by atoms with E-state index in [0.29, 0.717) is 29.4 Å². The summed E-state index contributed by atoms with van der Waals surface area (Å²) in [5.41, 5.74) is 4.80. The van der Waals surface area contributed by atoms with Crippen LogP contribution in [-0.4, -0.2) is 30.2 Å². The Morgan fingerprint density at radius 2 is 1.82 bits per heavy atom. The number of fused-ring (bicyclic) bond motifs is 4. The Bertz CT molecular complexity index is 1940. The lowest BCUT2D eigenvalue weighted by atomic mass is 9.81. The van der Waals surface area contributed by atoms with Gasteiger partial charge in [-0.25, -0.2) is 14.6 Å². The highest BCUT2D eigenvalue weighted by Gasteiger charge is 2.39. The number of benzene rings is 4. The molecule has 6 aromatic rings. The highest BCUT2D eigenvalue weighted by Crippen LogP contribution is 2.37. The fourth-order valence-corrected chi connectivity index (χ4v) is 6.07. The molecule has 0 bridgehead atoms. The van der Waals surface area contributed by atoms with E-state index < -0.39 is 5.54 Å². The standard InChI is InChI=1S/C32H27ClN6O/c1-20-7-12-29-28(15-20)35-30-13-14-32(18-38(29)30,24-9-8-22-5-3-4-6-23(22)16-24)36-31(40)26-11-10-25(17-27(26)33)39-19-34-21(2)37-39/h3-12,15-17,19H,13-14,18H2,1-2H3,(H,36,40)/t32-/m1/s1. The third-order valence-electron chi connectivity index (χ3n) is 7.91. The van der Waals surface area contributed by atoms with Crippen LogP contribution in [0.25, 0.3) is 27.5 Å². The van der Waals surface area contributed by atoms with E-state index in [1.807, 2.05) is 25.1 Å². The number of amides is 1. The first-order valence-corrected chi connectivity index (χ1v) is 13.7. The summed E-state index contributed by atoms with van der Waals surface area (Å²) in [6, 6.07) is 26.4. The van der Waals surface area contributed by atoms with E-state index in [-0.39, 0.29) is 5.91 Å². The number of aryl methyl sites for hydroxylation is 3. The second kappa shape index (κ2) is 9.31.